The highest BCUT2D eigenvalue weighted by Gasteiger charge is 2.23. The number of fused-ring (bicyclic) bond motifs is 1. The third-order valence-electron chi connectivity index (χ3n) is 2.78. The molecule has 1 aromatic rings. The van der Waals surface area contributed by atoms with Gasteiger partial charge in [-0.15, -0.1) is 0 Å². The van der Waals surface area contributed by atoms with Gasteiger partial charge >= 0.3 is 0 Å². The normalized spacial score (nSPS) is 20.5. The maximum absolute atomic E-state index is 11.1. The maximum Gasteiger partial charge on any atom is 0.252 e. The lowest BCUT2D eigenvalue weighted by Gasteiger charge is -2.22. The molecular weight excluding hydrogens is 180 g/mol. The number of amides is 1. The number of nitrogens with zero attached hydrogens (tertiary/aromatic N) is 2. The number of primary amides is 1. The van der Waals surface area contributed by atoms with Gasteiger partial charge in [-0.2, -0.15) is 5.10 Å². The lowest BCUT2D eigenvalue weighted by atomic mass is 9.94. The zero-order valence-corrected chi connectivity index (χ0v) is 7.94. The van der Waals surface area contributed by atoms with E-state index < -0.39 is 5.91 Å². The monoisotopic (exact) mass is 194 g/mol. The molecule has 5 nitrogen and oxygen atoms in total. The number of aryl methyl sites for hydroxylation is 1. The lowest BCUT2D eigenvalue weighted by molar-refractivity contribution is 0.0998. The Morgan fingerprint density at radius 2 is 2.50 bits per heavy atom. The van der Waals surface area contributed by atoms with E-state index in [9.17, 15) is 4.79 Å². The zero-order chi connectivity index (χ0) is 10.1. The number of aromatic nitrogens is 2. The van der Waals surface area contributed by atoms with Crippen molar-refractivity contribution in [1.82, 2.24) is 9.78 Å². The molecule has 1 aliphatic heterocycles. The SMILES string of the molecule is NC[C@@H]1CCn2ncc(C(N)=O)c2C1. The summed E-state index contributed by atoms with van der Waals surface area (Å²) in [5.74, 6) is 0.0567. The Morgan fingerprint density at radius 3 is 3.14 bits per heavy atom. The Hall–Kier alpha value is -1.36. The second-order valence-corrected chi connectivity index (χ2v) is 3.69. The summed E-state index contributed by atoms with van der Waals surface area (Å²) in [5, 5.41) is 4.12. The van der Waals surface area contributed by atoms with E-state index in [1.54, 1.807) is 6.20 Å². The quantitative estimate of drug-likeness (QED) is 0.665. The molecule has 1 aromatic heterocycles. The van der Waals surface area contributed by atoms with Gasteiger partial charge in [-0.1, -0.05) is 0 Å². The fraction of sp³-hybridized carbons (Fsp3) is 0.556. The van der Waals surface area contributed by atoms with Crippen LogP contribution in [0.15, 0.2) is 6.20 Å². The molecule has 0 fully saturated rings. The van der Waals surface area contributed by atoms with Crippen LogP contribution in [0.25, 0.3) is 0 Å². The molecule has 0 saturated carbocycles. The fourth-order valence-corrected chi connectivity index (χ4v) is 1.91. The summed E-state index contributed by atoms with van der Waals surface area (Å²) in [5.41, 5.74) is 12.3. The molecule has 0 bridgehead atoms. The third-order valence-corrected chi connectivity index (χ3v) is 2.78. The molecular formula is C9H14N4O. The summed E-state index contributed by atoms with van der Waals surface area (Å²) in [6.45, 7) is 1.49. The van der Waals surface area contributed by atoms with Crippen LogP contribution in [0.3, 0.4) is 0 Å². The summed E-state index contributed by atoms with van der Waals surface area (Å²) < 4.78 is 1.85. The highest BCUT2D eigenvalue weighted by atomic mass is 16.1. The van der Waals surface area contributed by atoms with Crippen LogP contribution in [-0.2, 0) is 13.0 Å². The molecule has 0 aromatic carbocycles. The molecule has 0 unspecified atom stereocenters. The molecule has 0 spiro atoms. The number of carbonyl (C=O) groups is 1. The molecule has 1 aliphatic rings. The van der Waals surface area contributed by atoms with Gasteiger partial charge in [-0.25, -0.2) is 0 Å². The van der Waals surface area contributed by atoms with E-state index in [0.29, 0.717) is 18.0 Å². The predicted octanol–water partition coefficient (Wildman–Crippen LogP) is -0.497. The van der Waals surface area contributed by atoms with Crippen LogP contribution in [0.2, 0.25) is 0 Å². The van der Waals surface area contributed by atoms with Gasteiger partial charge in [0.25, 0.3) is 5.91 Å². The first-order valence-corrected chi connectivity index (χ1v) is 4.77. The number of carbonyl (C=O) groups excluding carboxylic acids is 1. The van der Waals surface area contributed by atoms with E-state index >= 15 is 0 Å². The zero-order valence-electron chi connectivity index (χ0n) is 7.94. The van der Waals surface area contributed by atoms with Crippen LogP contribution in [-0.4, -0.2) is 22.2 Å². The summed E-state index contributed by atoms with van der Waals surface area (Å²) >= 11 is 0. The molecule has 0 radical (unpaired) electrons. The third kappa shape index (κ3) is 1.39. The number of nitrogens with two attached hydrogens (primary N) is 2. The maximum atomic E-state index is 11.1. The van der Waals surface area contributed by atoms with Gasteiger partial charge in [0, 0.05) is 6.54 Å². The van der Waals surface area contributed by atoms with Crippen molar-refractivity contribution < 1.29 is 4.79 Å². The molecule has 76 valence electrons. The van der Waals surface area contributed by atoms with Crippen molar-refractivity contribution in [3.8, 4) is 0 Å². The lowest BCUT2D eigenvalue weighted by Crippen LogP contribution is -2.27. The van der Waals surface area contributed by atoms with Crippen LogP contribution >= 0.6 is 0 Å². The first-order chi connectivity index (χ1) is 6.72. The molecule has 1 atom stereocenters. The first-order valence-electron chi connectivity index (χ1n) is 4.77. The van der Waals surface area contributed by atoms with Gasteiger partial charge in [0.15, 0.2) is 0 Å². The Morgan fingerprint density at radius 1 is 1.71 bits per heavy atom. The van der Waals surface area contributed by atoms with Crippen molar-refractivity contribution in [2.45, 2.75) is 19.4 Å². The minimum Gasteiger partial charge on any atom is -0.365 e. The molecule has 4 N–H and O–H groups in total. The molecule has 5 heteroatoms. The van der Waals surface area contributed by atoms with Gasteiger partial charge in [0.2, 0.25) is 0 Å². The van der Waals surface area contributed by atoms with Crippen molar-refractivity contribution in [1.29, 1.82) is 0 Å². The molecule has 0 saturated heterocycles. The summed E-state index contributed by atoms with van der Waals surface area (Å²) in [6, 6.07) is 0. The number of hydrogen-bond acceptors (Lipinski definition) is 3. The minimum atomic E-state index is -0.399. The molecule has 0 aliphatic carbocycles. The minimum absolute atomic E-state index is 0.399. The summed E-state index contributed by atoms with van der Waals surface area (Å²) in [7, 11) is 0. The van der Waals surface area contributed by atoms with E-state index in [0.717, 1.165) is 25.1 Å². The van der Waals surface area contributed by atoms with E-state index in [1.807, 2.05) is 4.68 Å². The average Bonchev–Trinajstić information content (AvgIpc) is 2.59. The number of rotatable bonds is 2. The molecule has 14 heavy (non-hydrogen) atoms. The van der Waals surface area contributed by atoms with E-state index in [2.05, 4.69) is 5.10 Å². The van der Waals surface area contributed by atoms with Crippen LogP contribution in [0, 0.1) is 5.92 Å². The predicted molar refractivity (Wildman–Crippen MR) is 51.6 cm³/mol. The second kappa shape index (κ2) is 3.42. The van der Waals surface area contributed by atoms with Gasteiger partial charge in [-0.3, -0.25) is 9.48 Å². The van der Waals surface area contributed by atoms with Gasteiger partial charge in [0.1, 0.15) is 0 Å². The molecule has 2 rings (SSSR count). The highest BCUT2D eigenvalue weighted by Crippen LogP contribution is 2.21. The van der Waals surface area contributed by atoms with Gasteiger partial charge < -0.3 is 11.5 Å². The number of hydrogen-bond donors (Lipinski definition) is 2. The van der Waals surface area contributed by atoms with Crippen molar-refractivity contribution in [2.24, 2.45) is 17.4 Å². The van der Waals surface area contributed by atoms with Crippen molar-refractivity contribution in [3.63, 3.8) is 0 Å². The smallest absolute Gasteiger partial charge is 0.252 e. The second-order valence-electron chi connectivity index (χ2n) is 3.69. The Balaban J connectivity index is 2.32. The van der Waals surface area contributed by atoms with Crippen LogP contribution in [0.5, 0.6) is 0 Å². The molecule has 2 heterocycles. The van der Waals surface area contributed by atoms with Crippen molar-refractivity contribution in [2.75, 3.05) is 6.54 Å². The largest absolute Gasteiger partial charge is 0.365 e. The first kappa shape index (κ1) is 9.21. The van der Waals surface area contributed by atoms with Crippen LogP contribution < -0.4 is 11.5 Å². The van der Waals surface area contributed by atoms with E-state index in [1.165, 1.54) is 0 Å². The summed E-state index contributed by atoms with van der Waals surface area (Å²) in [6.07, 6.45) is 3.40. The van der Waals surface area contributed by atoms with Crippen molar-refractivity contribution >= 4 is 5.91 Å². The van der Waals surface area contributed by atoms with E-state index in [4.69, 9.17) is 11.5 Å². The Bertz CT molecular complexity index is 358. The van der Waals surface area contributed by atoms with E-state index in [-0.39, 0.29) is 0 Å². The topological polar surface area (TPSA) is 86.9 Å². The van der Waals surface area contributed by atoms with Gasteiger partial charge in [0.05, 0.1) is 17.5 Å². The molecule has 1 amide bonds. The highest BCUT2D eigenvalue weighted by molar-refractivity contribution is 5.93. The van der Waals surface area contributed by atoms with Crippen molar-refractivity contribution in [3.05, 3.63) is 17.5 Å². The summed E-state index contributed by atoms with van der Waals surface area (Å²) in [4.78, 5) is 11.1. The average molecular weight is 194 g/mol. The standard InChI is InChI=1S/C9H14N4O/c10-4-6-1-2-13-8(3-6)7(5-12-13)9(11)14/h5-6H,1-4,10H2,(H2,11,14)/t6-/m1/s1. The fourth-order valence-electron chi connectivity index (χ4n) is 1.91. The Labute approximate surface area is 82.1 Å². The van der Waals surface area contributed by atoms with Gasteiger partial charge in [-0.05, 0) is 25.3 Å². The van der Waals surface area contributed by atoms with Crippen LogP contribution in [0.4, 0.5) is 0 Å². The van der Waals surface area contributed by atoms with Crippen LogP contribution in [0.1, 0.15) is 22.5 Å². The Kier molecular flexibility index (Phi) is 2.25.